The van der Waals surface area contributed by atoms with Crippen molar-refractivity contribution in [2.75, 3.05) is 5.32 Å². The summed E-state index contributed by atoms with van der Waals surface area (Å²) < 4.78 is 47.8. The van der Waals surface area contributed by atoms with Crippen LogP contribution in [0, 0.1) is 19.7 Å². The van der Waals surface area contributed by atoms with Gasteiger partial charge in [0.15, 0.2) is 0 Å². The molecule has 3 N–H and O–H groups in total. The molecule has 0 aliphatic rings. The highest BCUT2D eigenvalue weighted by Crippen LogP contribution is 2.28. The molecule has 0 fully saturated rings. The number of aromatic amines is 1. The molecule has 0 unspecified atom stereocenters. The Bertz CT molecular complexity index is 1600. The average molecular weight is 540 g/mol. The van der Waals surface area contributed by atoms with Crippen LogP contribution in [0.2, 0.25) is 0 Å². The lowest BCUT2D eigenvalue weighted by molar-refractivity contribution is -0.192. The number of nitrogens with one attached hydrogen (secondary N) is 2. The number of anilines is 2. The lowest BCUT2D eigenvalue weighted by Gasteiger charge is -2.09. The zero-order chi connectivity index (χ0) is 28.2. The quantitative estimate of drug-likeness (QED) is 0.258. The largest absolute Gasteiger partial charge is 0.490 e. The first-order valence-corrected chi connectivity index (χ1v) is 11.2. The summed E-state index contributed by atoms with van der Waals surface area (Å²) in [6.07, 6.45) is -0.0847. The fourth-order valence-electron chi connectivity index (χ4n) is 3.41. The number of carboxylic acids is 1. The van der Waals surface area contributed by atoms with Crippen molar-refractivity contribution in [3.63, 3.8) is 0 Å². The first-order chi connectivity index (χ1) is 18.5. The molecule has 0 bridgehead atoms. The van der Waals surface area contributed by atoms with Crippen LogP contribution < -0.4 is 5.32 Å². The van der Waals surface area contributed by atoms with Gasteiger partial charge in [-0.1, -0.05) is 0 Å². The molecule has 0 atom stereocenters. The lowest BCUT2D eigenvalue weighted by atomic mass is 10.0. The summed E-state index contributed by atoms with van der Waals surface area (Å²) in [7, 11) is 0. The maximum Gasteiger partial charge on any atom is 0.490 e. The van der Waals surface area contributed by atoms with E-state index in [4.69, 9.17) is 9.90 Å². The number of hydrogen-bond donors (Lipinski definition) is 3. The number of rotatable bonds is 5. The Morgan fingerprint density at radius 3 is 2.31 bits per heavy atom. The molecule has 3 heterocycles. The minimum absolute atomic E-state index is 0.342. The van der Waals surface area contributed by atoms with E-state index in [0.29, 0.717) is 23.0 Å². The Morgan fingerprint density at radius 2 is 1.72 bits per heavy atom. The van der Waals surface area contributed by atoms with Crippen LogP contribution in [-0.2, 0) is 4.79 Å². The maximum atomic E-state index is 14.4. The van der Waals surface area contributed by atoms with Gasteiger partial charge in [-0.3, -0.25) is 5.10 Å². The number of H-pyrrole nitrogens is 1. The number of halogens is 4. The van der Waals surface area contributed by atoms with Crippen LogP contribution >= 0.6 is 0 Å². The summed E-state index contributed by atoms with van der Waals surface area (Å²) >= 11 is 0. The van der Waals surface area contributed by atoms with Gasteiger partial charge in [-0.25, -0.2) is 28.8 Å². The molecule has 0 aliphatic heterocycles. The minimum atomic E-state index is -5.08. The fraction of sp³-hybridized carbons (Fsp3) is 0.120. The molecule has 200 valence electrons. The van der Waals surface area contributed by atoms with E-state index in [-0.39, 0.29) is 5.82 Å². The number of aromatic nitrogens is 7. The zero-order valence-electron chi connectivity index (χ0n) is 20.4. The van der Waals surface area contributed by atoms with Crippen LogP contribution in [0.3, 0.4) is 0 Å². The van der Waals surface area contributed by atoms with Crippen molar-refractivity contribution in [2.45, 2.75) is 20.0 Å². The molecule has 0 saturated carbocycles. The third-order valence-electron chi connectivity index (χ3n) is 5.23. The maximum absolute atomic E-state index is 14.4. The van der Waals surface area contributed by atoms with Crippen LogP contribution in [0.25, 0.3) is 28.1 Å². The summed E-state index contributed by atoms with van der Waals surface area (Å²) in [6, 6.07) is 14.2. The predicted octanol–water partition coefficient (Wildman–Crippen LogP) is 5.25. The summed E-state index contributed by atoms with van der Waals surface area (Å²) in [5.41, 5.74) is 5.43. The Balaban J connectivity index is 0.000000448. The van der Waals surface area contributed by atoms with Gasteiger partial charge in [0.05, 0.1) is 17.6 Å². The van der Waals surface area contributed by atoms with Gasteiger partial charge in [-0.15, -0.1) is 0 Å². The van der Waals surface area contributed by atoms with Gasteiger partial charge in [-0.2, -0.15) is 23.4 Å². The molecular weight excluding hydrogens is 520 g/mol. The molecule has 0 radical (unpaired) electrons. The van der Waals surface area contributed by atoms with Gasteiger partial charge in [0.2, 0.25) is 5.95 Å². The third-order valence-corrected chi connectivity index (χ3v) is 5.23. The van der Waals surface area contributed by atoms with Crippen molar-refractivity contribution in [2.24, 2.45) is 0 Å². The third kappa shape index (κ3) is 6.80. The molecule has 0 aliphatic carbocycles. The molecule has 0 amide bonds. The Labute approximate surface area is 218 Å². The van der Waals surface area contributed by atoms with E-state index in [1.54, 1.807) is 29.5 Å². The molecule has 10 nitrogen and oxygen atoms in total. The summed E-state index contributed by atoms with van der Waals surface area (Å²) in [6.45, 7) is 3.74. The number of nitrogens with zero attached hydrogens (tertiary/aromatic N) is 6. The normalized spacial score (nSPS) is 11.0. The highest BCUT2D eigenvalue weighted by Gasteiger charge is 2.38. The first-order valence-electron chi connectivity index (χ1n) is 11.2. The molecule has 2 aromatic carbocycles. The van der Waals surface area contributed by atoms with Gasteiger partial charge in [-0.05, 0) is 67.9 Å². The van der Waals surface area contributed by atoms with E-state index < -0.39 is 12.1 Å². The average Bonchev–Trinajstić information content (AvgIpc) is 3.52. The highest BCUT2D eigenvalue weighted by molar-refractivity contribution is 5.73. The standard InChI is InChI=1S/C23H19FN8.C2HF3O2/c1-14-21(12-27-30-14)16-9-17(11-18(24)10-16)22-7-8-25-23(29-22)28-19-3-5-20(6-4-19)32-13-26-15(2)31-32;3-2(4,5)1(6)7/h3-13H,1-2H3,(H,27,30)(H,25,28,29);(H,6,7). The molecule has 0 spiro atoms. The van der Waals surface area contributed by atoms with Crippen LogP contribution in [0.15, 0.2) is 67.3 Å². The highest BCUT2D eigenvalue weighted by atomic mass is 19.4. The number of carbonyl (C=O) groups is 1. The summed E-state index contributed by atoms with van der Waals surface area (Å²) in [5, 5.41) is 21.5. The first kappa shape index (κ1) is 26.9. The molecule has 0 saturated heterocycles. The monoisotopic (exact) mass is 540 g/mol. The van der Waals surface area contributed by atoms with E-state index in [1.807, 2.05) is 44.2 Å². The SMILES string of the molecule is Cc1ncn(-c2ccc(Nc3nccc(-c4cc(F)cc(-c5cn[nH]c5C)c4)n3)cc2)n1.O=C(O)C(F)(F)F. The second-order valence-corrected chi connectivity index (χ2v) is 8.11. The number of carboxylic acid groups (broad SMARTS) is 1. The summed E-state index contributed by atoms with van der Waals surface area (Å²) in [4.78, 5) is 21.9. The van der Waals surface area contributed by atoms with E-state index in [2.05, 4.69) is 35.6 Å². The number of benzene rings is 2. The topological polar surface area (TPSA) is 134 Å². The predicted molar refractivity (Wildman–Crippen MR) is 133 cm³/mol. The van der Waals surface area contributed by atoms with E-state index >= 15 is 0 Å². The van der Waals surface area contributed by atoms with Crippen molar-refractivity contribution in [1.29, 1.82) is 0 Å². The molecule has 3 aromatic heterocycles. The number of alkyl halides is 3. The Hall–Kier alpha value is -5.14. The lowest BCUT2D eigenvalue weighted by Crippen LogP contribution is -2.21. The molecule has 5 rings (SSSR count). The van der Waals surface area contributed by atoms with Crippen molar-refractivity contribution >= 4 is 17.6 Å². The summed E-state index contributed by atoms with van der Waals surface area (Å²) in [5.74, 6) is -1.98. The van der Waals surface area contributed by atoms with E-state index in [9.17, 15) is 17.6 Å². The second kappa shape index (κ2) is 11.1. The van der Waals surface area contributed by atoms with Crippen molar-refractivity contribution in [1.82, 2.24) is 34.9 Å². The van der Waals surface area contributed by atoms with E-state index in [0.717, 1.165) is 28.2 Å². The fourth-order valence-corrected chi connectivity index (χ4v) is 3.41. The van der Waals surface area contributed by atoms with Gasteiger partial charge < -0.3 is 10.4 Å². The number of hydrogen-bond acceptors (Lipinski definition) is 7. The number of aliphatic carboxylic acids is 1. The smallest absolute Gasteiger partial charge is 0.475 e. The van der Waals surface area contributed by atoms with Crippen molar-refractivity contribution < 1.29 is 27.5 Å². The van der Waals surface area contributed by atoms with Crippen LogP contribution in [0.5, 0.6) is 0 Å². The molecule has 14 heteroatoms. The Morgan fingerprint density at radius 1 is 1.03 bits per heavy atom. The van der Waals surface area contributed by atoms with Gasteiger partial charge in [0, 0.05) is 28.7 Å². The molecule has 39 heavy (non-hydrogen) atoms. The van der Waals surface area contributed by atoms with Gasteiger partial charge in [0.25, 0.3) is 0 Å². The van der Waals surface area contributed by atoms with Crippen molar-refractivity contribution in [3.8, 4) is 28.1 Å². The second-order valence-electron chi connectivity index (χ2n) is 8.11. The van der Waals surface area contributed by atoms with Gasteiger partial charge in [0.1, 0.15) is 18.0 Å². The Kier molecular flexibility index (Phi) is 7.65. The van der Waals surface area contributed by atoms with Gasteiger partial charge >= 0.3 is 12.1 Å². The van der Waals surface area contributed by atoms with Crippen LogP contribution in [-0.4, -0.2) is 52.2 Å². The van der Waals surface area contributed by atoms with Crippen molar-refractivity contribution in [3.05, 3.63) is 84.6 Å². The zero-order valence-corrected chi connectivity index (χ0v) is 20.4. The number of aryl methyl sites for hydroxylation is 2. The molecular formula is C25H20F4N8O2. The van der Waals surface area contributed by atoms with Crippen LogP contribution in [0.4, 0.5) is 29.2 Å². The van der Waals surface area contributed by atoms with Crippen LogP contribution in [0.1, 0.15) is 11.5 Å². The minimum Gasteiger partial charge on any atom is -0.475 e. The van der Waals surface area contributed by atoms with E-state index in [1.165, 1.54) is 12.1 Å². The molecule has 5 aromatic rings.